The van der Waals surface area contributed by atoms with Crippen LogP contribution in [-0.2, 0) is 0 Å². The average Bonchev–Trinajstić information content (AvgIpc) is 2.56. The van der Waals surface area contributed by atoms with Gasteiger partial charge >= 0.3 is 0 Å². The van der Waals surface area contributed by atoms with E-state index in [1.807, 2.05) is 0 Å². The molecular formula is C15H17N5O2. The van der Waals surface area contributed by atoms with E-state index < -0.39 is 4.92 Å². The van der Waals surface area contributed by atoms with Gasteiger partial charge in [0, 0.05) is 49.3 Å². The number of benzene rings is 1. The number of hydrogen-bond donors (Lipinski definition) is 1. The van der Waals surface area contributed by atoms with E-state index in [-0.39, 0.29) is 11.7 Å². The summed E-state index contributed by atoms with van der Waals surface area (Å²) in [4.78, 5) is 21.0. The second kappa shape index (κ2) is 6.38. The van der Waals surface area contributed by atoms with Crippen molar-refractivity contribution in [3.05, 3.63) is 52.8 Å². The largest absolute Gasteiger partial charge is 0.381 e. The summed E-state index contributed by atoms with van der Waals surface area (Å²) >= 11 is 0. The third kappa shape index (κ3) is 3.30. The van der Waals surface area contributed by atoms with E-state index in [4.69, 9.17) is 0 Å². The van der Waals surface area contributed by atoms with Crippen molar-refractivity contribution >= 4 is 17.3 Å². The molecule has 7 nitrogen and oxygen atoms in total. The average molecular weight is 299 g/mol. The molecule has 2 aromatic rings. The lowest BCUT2D eigenvalue weighted by atomic mass is 10.1. The van der Waals surface area contributed by atoms with Crippen LogP contribution in [0.1, 0.15) is 12.8 Å². The standard InChI is InChI=1S/C15H17N5O2/c21-20(22)14-6-4-12(5-7-14)18-13-3-1-10-19(11-13)15-16-8-2-9-17-15/h2,4-9,13,18H,1,3,10-11H2/t13-/m0/s1. The van der Waals surface area contributed by atoms with Gasteiger partial charge in [0.2, 0.25) is 5.95 Å². The molecule has 2 heterocycles. The van der Waals surface area contributed by atoms with Gasteiger partial charge in [0.05, 0.1) is 4.92 Å². The summed E-state index contributed by atoms with van der Waals surface area (Å²) in [5, 5.41) is 14.1. The molecule has 1 aliphatic rings. The second-order valence-electron chi connectivity index (χ2n) is 5.28. The molecule has 114 valence electrons. The van der Waals surface area contributed by atoms with Crippen LogP contribution in [0, 0.1) is 10.1 Å². The predicted octanol–water partition coefficient (Wildman–Crippen LogP) is 2.47. The van der Waals surface area contributed by atoms with Crippen LogP contribution >= 0.6 is 0 Å². The first-order valence-electron chi connectivity index (χ1n) is 7.25. The summed E-state index contributed by atoms with van der Waals surface area (Å²) in [6.07, 6.45) is 5.61. The predicted molar refractivity (Wildman–Crippen MR) is 84.0 cm³/mol. The number of nitro groups is 1. The zero-order valence-corrected chi connectivity index (χ0v) is 12.1. The first-order valence-corrected chi connectivity index (χ1v) is 7.25. The first kappa shape index (κ1) is 14.2. The van der Waals surface area contributed by atoms with Crippen LogP contribution in [0.3, 0.4) is 0 Å². The number of piperidine rings is 1. The SMILES string of the molecule is O=[N+]([O-])c1ccc(N[C@H]2CCCN(c3ncccn3)C2)cc1. The van der Waals surface area contributed by atoms with Crippen molar-refractivity contribution in [2.75, 3.05) is 23.3 Å². The van der Waals surface area contributed by atoms with E-state index in [1.165, 1.54) is 12.1 Å². The Labute approximate surface area is 128 Å². The molecule has 0 bridgehead atoms. The number of non-ortho nitro benzene ring substituents is 1. The van der Waals surface area contributed by atoms with Gasteiger partial charge in [-0.1, -0.05) is 0 Å². The fourth-order valence-corrected chi connectivity index (χ4v) is 2.65. The zero-order valence-electron chi connectivity index (χ0n) is 12.1. The molecule has 1 saturated heterocycles. The Kier molecular flexibility index (Phi) is 4.13. The minimum Gasteiger partial charge on any atom is -0.381 e. The normalized spacial score (nSPS) is 18.0. The topological polar surface area (TPSA) is 84.2 Å². The van der Waals surface area contributed by atoms with E-state index in [2.05, 4.69) is 20.2 Å². The van der Waals surface area contributed by atoms with Crippen LogP contribution in [0.2, 0.25) is 0 Å². The Morgan fingerprint density at radius 3 is 2.64 bits per heavy atom. The molecule has 22 heavy (non-hydrogen) atoms. The van der Waals surface area contributed by atoms with E-state index in [9.17, 15) is 10.1 Å². The number of nitrogens with zero attached hydrogens (tertiary/aromatic N) is 4. The molecule has 0 radical (unpaired) electrons. The molecule has 7 heteroatoms. The summed E-state index contributed by atoms with van der Waals surface area (Å²) in [5.74, 6) is 0.748. The van der Waals surface area contributed by atoms with Gasteiger partial charge in [0.1, 0.15) is 0 Å². The van der Waals surface area contributed by atoms with Crippen LogP contribution in [0.4, 0.5) is 17.3 Å². The van der Waals surface area contributed by atoms with Crippen molar-refractivity contribution in [3.8, 4) is 0 Å². The monoisotopic (exact) mass is 299 g/mol. The van der Waals surface area contributed by atoms with Gasteiger partial charge in [-0.05, 0) is 31.0 Å². The van der Waals surface area contributed by atoms with E-state index >= 15 is 0 Å². The summed E-state index contributed by atoms with van der Waals surface area (Å²) < 4.78 is 0. The molecule has 0 saturated carbocycles. The van der Waals surface area contributed by atoms with Gasteiger partial charge < -0.3 is 10.2 Å². The number of nitrogens with one attached hydrogen (secondary N) is 1. The number of anilines is 2. The molecule has 1 N–H and O–H groups in total. The van der Waals surface area contributed by atoms with Crippen molar-refractivity contribution in [2.45, 2.75) is 18.9 Å². The van der Waals surface area contributed by atoms with Gasteiger partial charge in [0.25, 0.3) is 5.69 Å². The van der Waals surface area contributed by atoms with E-state index in [0.29, 0.717) is 0 Å². The lowest BCUT2D eigenvalue weighted by Crippen LogP contribution is -2.42. The van der Waals surface area contributed by atoms with Gasteiger partial charge in [0.15, 0.2) is 0 Å². The van der Waals surface area contributed by atoms with E-state index in [1.54, 1.807) is 30.6 Å². The van der Waals surface area contributed by atoms with Gasteiger partial charge in [-0.2, -0.15) is 0 Å². The lowest BCUT2D eigenvalue weighted by Gasteiger charge is -2.33. The Morgan fingerprint density at radius 1 is 1.23 bits per heavy atom. The maximum absolute atomic E-state index is 10.7. The number of nitro benzene ring substituents is 1. The molecule has 1 atom stereocenters. The number of hydrogen-bond acceptors (Lipinski definition) is 6. The van der Waals surface area contributed by atoms with Crippen molar-refractivity contribution < 1.29 is 4.92 Å². The molecule has 0 amide bonds. The van der Waals surface area contributed by atoms with Crippen molar-refractivity contribution in [3.63, 3.8) is 0 Å². The zero-order chi connectivity index (χ0) is 15.4. The van der Waals surface area contributed by atoms with Gasteiger partial charge in [-0.3, -0.25) is 10.1 Å². The number of aromatic nitrogens is 2. The van der Waals surface area contributed by atoms with Gasteiger partial charge in [-0.15, -0.1) is 0 Å². The molecule has 0 aliphatic carbocycles. The van der Waals surface area contributed by atoms with Crippen LogP contribution in [0.15, 0.2) is 42.7 Å². The van der Waals surface area contributed by atoms with Crippen LogP contribution in [0.5, 0.6) is 0 Å². The molecule has 0 unspecified atom stereocenters. The highest BCUT2D eigenvalue weighted by Crippen LogP contribution is 2.21. The molecule has 3 rings (SSSR count). The lowest BCUT2D eigenvalue weighted by molar-refractivity contribution is -0.384. The molecular weight excluding hydrogens is 282 g/mol. The molecule has 1 aromatic carbocycles. The van der Waals surface area contributed by atoms with E-state index in [0.717, 1.165) is 37.6 Å². The molecule has 1 aliphatic heterocycles. The highest BCUT2D eigenvalue weighted by atomic mass is 16.6. The summed E-state index contributed by atoms with van der Waals surface area (Å²) in [6, 6.07) is 8.61. The molecule has 0 spiro atoms. The van der Waals surface area contributed by atoms with Gasteiger partial charge in [-0.25, -0.2) is 9.97 Å². The third-order valence-electron chi connectivity index (χ3n) is 3.71. The van der Waals surface area contributed by atoms with Crippen LogP contribution < -0.4 is 10.2 Å². The quantitative estimate of drug-likeness (QED) is 0.689. The van der Waals surface area contributed by atoms with Crippen LogP contribution in [0.25, 0.3) is 0 Å². The summed E-state index contributed by atoms with van der Waals surface area (Å²) in [6.45, 7) is 1.77. The Hall–Kier alpha value is -2.70. The fraction of sp³-hybridized carbons (Fsp3) is 0.333. The Morgan fingerprint density at radius 2 is 1.95 bits per heavy atom. The van der Waals surface area contributed by atoms with Crippen molar-refractivity contribution in [1.29, 1.82) is 0 Å². The minimum absolute atomic E-state index is 0.105. The smallest absolute Gasteiger partial charge is 0.269 e. The Bertz CT molecular complexity index is 632. The maximum atomic E-state index is 10.7. The summed E-state index contributed by atoms with van der Waals surface area (Å²) in [5.41, 5.74) is 1.000. The minimum atomic E-state index is -0.390. The second-order valence-corrected chi connectivity index (χ2v) is 5.28. The van der Waals surface area contributed by atoms with Crippen LogP contribution in [-0.4, -0.2) is 34.0 Å². The Balaban J connectivity index is 1.64. The highest BCUT2D eigenvalue weighted by Gasteiger charge is 2.21. The third-order valence-corrected chi connectivity index (χ3v) is 3.71. The fourth-order valence-electron chi connectivity index (χ4n) is 2.65. The van der Waals surface area contributed by atoms with Crippen molar-refractivity contribution in [1.82, 2.24) is 9.97 Å². The highest BCUT2D eigenvalue weighted by molar-refractivity contribution is 5.49. The first-order chi connectivity index (χ1) is 10.7. The molecule has 1 aromatic heterocycles. The molecule has 1 fully saturated rings. The maximum Gasteiger partial charge on any atom is 0.269 e. The van der Waals surface area contributed by atoms with Crippen molar-refractivity contribution in [2.24, 2.45) is 0 Å². The summed E-state index contributed by atoms with van der Waals surface area (Å²) in [7, 11) is 0. The number of rotatable bonds is 4.